The fourth-order valence-corrected chi connectivity index (χ4v) is 2.88. The Bertz CT molecular complexity index is 270. The van der Waals surface area contributed by atoms with E-state index in [-0.39, 0.29) is 35.7 Å². The first-order chi connectivity index (χ1) is 8.14. The van der Waals surface area contributed by atoms with Gasteiger partial charge in [0.05, 0.1) is 12.6 Å². The predicted molar refractivity (Wildman–Crippen MR) is 74.0 cm³/mol. The van der Waals surface area contributed by atoms with Crippen molar-refractivity contribution in [3.63, 3.8) is 0 Å². The second kappa shape index (κ2) is 6.73. The van der Waals surface area contributed by atoms with E-state index in [4.69, 9.17) is 4.74 Å². The van der Waals surface area contributed by atoms with Gasteiger partial charge >= 0.3 is 0 Å². The maximum absolute atomic E-state index is 11.9. The fourth-order valence-electron chi connectivity index (χ4n) is 2.88. The summed E-state index contributed by atoms with van der Waals surface area (Å²) in [6, 6.07) is 0.202. The molecule has 2 fully saturated rings. The Kier molecular flexibility index (Phi) is 5.89. The van der Waals surface area contributed by atoms with E-state index in [2.05, 4.69) is 10.6 Å². The molecule has 2 rings (SSSR count). The topological polar surface area (TPSA) is 50.4 Å². The summed E-state index contributed by atoms with van der Waals surface area (Å²) in [6.07, 6.45) is 3.39. The van der Waals surface area contributed by atoms with Gasteiger partial charge in [-0.05, 0) is 37.8 Å². The summed E-state index contributed by atoms with van der Waals surface area (Å²) in [7, 11) is 0. The van der Waals surface area contributed by atoms with Crippen LogP contribution >= 0.6 is 12.4 Å². The van der Waals surface area contributed by atoms with Gasteiger partial charge in [0.2, 0.25) is 5.91 Å². The van der Waals surface area contributed by atoms with Crippen LogP contribution in [0.5, 0.6) is 0 Å². The van der Waals surface area contributed by atoms with Crippen LogP contribution in [0.3, 0.4) is 0 Å². The molecule has 18 heavy (non-hydrogen) atoms. The van der Waals surface area contributed by atoms with Gasteiger partial charge in [0, 0.05) is 12.5 Å². The number of amides is 1. The Morgan fingerprint density at radius 3 is 2.61 bits per heavy atom. The number of carbonyl (C=O) groups excluding carboxylic acids is 1. The highest BCUT2D eigenvalue weighted by molar-refractivity contribution is 5.85. The number of halogens is 1. The van der Waals surface area contributed by atoms with Crippen LogP contribution in [-0.2, 0) is 9.53 Å². The molecule has 0 aliphatic carbocycles. The smallest absolute Gasteiger partial charge is 0.222 e. The van der Waals surface area contributed by atoms with Crippen LogP contribution in [0.1, 0.15) is 33.1 Å². The molecule has 0 aromatic rings. The monoisotopic (exact) mass is 276 g/mol. The fraction of sp³-hybridized carbons (Fsp3) is 0.923. The van der Waals surface area contributed by atoms with Crippen molar-refractivity contribution < 1.29 is 9.53 Å². The van der Waals surface area contributed by atoms with Gasteiger partial charge in [0.1, 0.15) is 0 Å². The third-order valence-electron chi connectivity index (χ3n) is 4.21. The van der Waals surface area contributed by atoms with Crippen molar-refractivity contribution >= 4 is 18.3 Å². The van der Waals surface area contributed by atoms with Crippen LogP contribution in [0.2, 0.25) is 0 Å². The van der Waals surface area contributed by atoms with Gasteiger partial charge in [-0.2, -0.15) is 0 Å². The molecule has 1 unspecified atom stereocenters. The molecule has 2 aliphatic heterocycles. The van der Waals surface area contributed by atoms with Crippen LogP contribution in [0.4, 0.5) is 0 Å². The summed E-state index contributed by atoms with van der Waals surface area (Å²) in [5.74, 6) is 0.203. The Hall–Kier alpha value is -0.320. The summed E-state index contributed by atoms with van der Waals surface area (Å²) >= 11 is 0. The number of rotatable bonds is 2. The lowest BCUT2D eigenvalue weighted by molar-refractivity contribution is -0.128. The summed E-state index contributed by atoms with van der Waals surface area (Å²) in [4.78, 5) is 11.9. The SMILES string of the molecule is CC(C)C(=O)NC1COCCC12CCNCC2.Cl. The molecule has 2 heterocycles. The summed E-state index contributed by atoms with van der Waals surface area (Å²) in [6.45, 7) is 7.52. The van der Waals surface area contributed by atoms with E-state index in [0.717, 1.165) is 39.0 Å². The van der Waals surface area contributed by atoms with Crippen LogP contribution in [-0.4, -0.2) is 38.3 Å². The molecule has 0 saturated carbocycles. The lowest BCUT2D eigenvalue weighted by Gasteiger charge is -2.47. The normalized spacial score (nSPS) is 26.7. The number of hydrogen-bond donors (Lipinski definition) is 2. The molecule has 2 aliphatic rings. The first-order valence-electron chi connectivity index (χ1n) is 6.73. The highest BCUT2D eigenvalue weighted by Crippen LogP contribution is 2.39. The van der Waals surface area contributed by atoms with Crippen LogP contribution < -0.4 is 10.6 Å². The van der Waals surface area contributed by atoms with Crippen molar-refractivity contribution in [1.29, 1.82) is 0 Å². The van der Waals surface area contributed by atoms with Gasteiger partial charge in [0.25, 0.3) is 0 Å². The maximum atomic E-state index is 11.9. The molecular formula is C13H25ClN2O2. The van der Waals surface area contributed by atoms with Gasteiger partial charge < -0.3 is 15.4 Å². The molecule has 106 valence electrons. The number of hydrogen-bond acceptors (Lipinski definition) is 3. The molecule has 1 amide bonds. The zero-order chi connectivity index (χ0) is 12.3. The largest absolute Gasteiger partial charge is 0.379 e. The minimum Gasteiger partial charge on any atom is -0.379 e. The van der Waals surface area contributed by atoms with Crippen molar-refractivity contribution in [2.45, 2.75) is 39.2 Å². The lowest BCUT2D eigenvalue weighted by atomic mass is 9.69. The number of carbonyl (C=O) groups is 1. The molecule has 2 saturated heterocycles. The molecule has 0 aromatic carbocycles. The van der Waals surface area contributed by atoms with Crippen LogP contribution in [0.25, 0.3) is 0 Å². The second-order valence-corrected chi connectivity index (χ2v) is 5.65. The molecular weight excluding hydrogens is 252 g/mol. The number of nitrogens with one attached hydrogen (secondary N) is 2. The van der Waals surface area contributed by atoms with Gasteiger partial charge in [0.15, 0.2) is 0 Å². The Morgan fingerprint density at radius 2 is 2.00 bits per heavy atom. The van der Waals surface area contributed by atoms with E-state index in [1.165, 1.54) is 0 Å². The average molecular weight is 277 g/mol. The van der Waals surface area contributed by atoms with Crippen molar-refractivity contribution in [2.75, 3.05) is 26.3 Å². The van der Waals surface area contributed by atoms with Crippen molar-refractivity contribution in [2.24, 2.45) is 11.3 Å². The van der Waals surface area contributed by atoms with E-state index >= 15 is 0 Å². The van der Waals surface area contributed by atoms with Crippen molar-refractivity contribution in [3.05, 3.63) is 0 Å². The molecule has 0 aromatic heterocycles. The van der Waals surface area contributed by atoms with E-state index in [1.54, 1.807) is 0 Å². The van der Waals surface area contributed by atoms with Crippen molar-refractivity contribution in [1.82, 2.24) is 10.6 Å². The number of piperidine rings is 1. The van der Waals surface area contributed by atoms with E-state index in [9.17, 15) is 4.79 Å². The third-order valence-corrected chi connectivity index (χ3v) is 4.21. The number of ether oxygens (including phenoxy) is 1. The maximum Gasteiger partial charge on any atom is 0.222 e. The summed E-state index contributed by atoms with van der Waals surface area (Å²) in [5, 5.41) is 6.59. The van der Waals surface area contributed by atoms with E-state index in [1.807, 2.05) is 13.8 Å². The molecule has 1 atom stereocenters. The minimum atomic E-state index is 0. The highest BCUT2D eigenvalue weighted by Gasteiger charge is 2.42. The molecule has 0 bridgehead atoms. The lowest BCUT2D eigenvalue weighted by Crippen LogP contribution is -2.57. The van der Waals surface area contributed by atoms with Gasteiger partial charge in [-0.25, -0.2) is 0 Å². The molecule has 0 radical (unpaired) electrons. The molecule has 1 spiro atoms. The zero-order valence-corrected chi connectivity index (χ0v) is 12.1. The zero-order valence-electron chi connectivity index (χ0n) is 11.3. The van der Waals surface area contributed by atoms with Gasteiger partial charge in [-0.3, -0.25) is 4.79 Å². The summed E-state index contributed by atoms with van der Waals surface area (Å²) < 4.78 is 5.56. The van der Waals surface area contributed by atoms with E-state index < -0.39 is 0 Å². The molecule has 5 heteroatoms. The minimum absolute atomic E-state index is 0. The standard InChI is InChI=1S/C13H24N2O2.ClH/c1-10(2)12(16)15-11-9-17-8-5-13(11)3-6-14-7-4-13;/h10-11,14H,3-9H2,1-2H3,(H,15,16);1H. The quantitative estimate of drug-likeness (QED) is 0.800. The van der Waals surface area contributed by atoms with Crippen LogP contribution in [0, 0.1) is 11.3 Å². The summed E-state index contributed by atoms with van der Waals surface area (Å²) in [5.41, 5.74) is 0.272. The van der Waals surface area contributed by atoms with E-state index in [0.29, 0.717) is 6.61 Å². The average Bonchev–Trinajstić information content (AvgIpc) is 2.33. The Morgan fingerprint density at radius 1 is 1.33 bits per heavy atom. The van der Waals surface area contributed by atoms with Gasteiger partial charge in [-0.15, -0.1) is 12.4 Å². The van der Waals surface area contributed by atoms with Crippen molar-refractivity contribution in [3.8, 4) is 0 Å². The predicted octanol–water partition coefficient (Wildman–Crippen LogP) is 1.34. The molecule has 2 N–H and O–H groups in total. The first kappa shape index (κ1) is 15.7. The van der Waals surface area contributed by atoms with Crippen LogP contribution in [0.15, 0.2) is 0 Å². The highest BCUT2D eigenvalue weighted by atomic mass is 35.5. The third kappa shape index (κ3) is 3.37. The first-order valence-corrected chi connectivity index (χ1v) is 6.73. The Labute approximate surface area is 116 Å². The van der Waals surface area contributed by atoms with Gasteiger partial charge in [-0.1, -0.05) is 13.8 Å². The molecule has 4 nitrogen and oxygen atoms in total. The Balaban J connectivity index is 0.00000162. The second-order valence-electron chi connectivity index (χ2n) is 5.65.